The standard InChI is InChI=1S/C6H2O6.2Na/c7-1-2(8)4(10)6(12)5(11)3(1)9;;/h7-8H;;. The SMILES string of the molecule is O=c1c(O)c(O)c(=O)c(=O)c1=O.[Na].[Na]. The molecular formula is C6H2Na2O6. The summed E-state index contributed by atoms with van der Waals surface area (Å²) in [5.41, 5.74) is -6.38. The first-order valence-electron chi connectivity index (χ1n) is 2.76. The monoisotopic (exact) mass is 216 g/mol. The first kappa shape index (κ1) is 16.4. The minimum atomic E-state index is -1.63. The maximum Gasteiger partial charge on any atom is 0.281 e. The smallest absolute Gasteiger partial charge is 0.281 e. The van der Waals surface area contributed by atoms with Crippen molar-refractivity contribution in [3.8, 4) is 11.5 Å². The molecule has 0 unspecified atom stereocenters. The second kappa shape index (κ2) is 5.79. The topological polar surface area (TPSA) is 109 Å². The zero-order valence-electron chi connectivity index (χ0n) is 7.53. The van der Waals surface area contributed by atoms with Gasteiger partial charge in [0.15, 0.2) is 0 Å². The molecule has 6 nitrogen and oxygen atoms in total. The van der Waals surface area contributed by atoms with E-state index in [2.05, 4.69) is 0 Å². The van der Waals surface area contributed by atoms with Crippen molar-refractivity contribution < 1.29 is 10.2 Å². The van der Waals surface area contributed by atoms with Crippen LogP contribution in [-0.2, 0) is 0 Å². The largest absolute Gasteiger partial charge is 0.501 e. The van der Waals surface area contributed by atoms with E-state index in [1.807, 2.05) is 0 Å². The summed E-state index contributed by atoms with van der Waals surface area (Å²) in [6.07, 6.45) is 0. The van der Waals surface area contributed by atoms with Gasteiger partial charge >= 0.3 is 0 Å². The molecule has 0 saturated carbocycles. The third kappa shape index (κ3) is 2.53. The number of benzene rings is 1. The molecule has 2 radical (unpaired) electrons. The van der Waals surface area contributed by atoms with Gasteiger partial charge in [0.1, 0.15) is 0 Å². The molecule has 1 rings (SSSR count). The Morgan fingerprint density at radius 2 is 0.786 bits per heavy atom. The van der Waals surface area contributed by atoms with E-state index in [1.54, 1.807) is 0 Å². The normalized spacial score (nSPS) is 8.57. The zero-order valence-corrected chi connectivity index (χ0v) is 11.5. The average molecular weight is 216 g/mol. The summed E-state index contributed by atoms with van der Waals surface area (Å²) in [5, 5.41) is 17.2. The summed E-state index contributed by atoms with van der Waals surface area (Å²) >= 11 is 0. The number of aromatic hydroxyl groups is 2. The van der Waals surface area contributed by atoms with Crippen LogP contribution in [0.25, 0.3) is 0 Å². The summed E-state index contributed by atoms with van der Waals surface area (Å²) in [5.74, 6) is -2.74. The van der Waals surface area contributed by atoms with Gasteiger partial charge in [0, 0.05) is 59.1 Å². The Morgan fingerprint density at radius 3 is 1.00 bits per heavy atom. The molecule has 14 heavy (non-hydrogen) atoms. The van der Waals surface area contributed by atoms with Crippen molar-refractivity contribution in [2.75, 3.05) is 0 Å². The molecule has 1 aromatic rings. The van der Waals surface area contributed by atoms with Crippen LogP contribution < -0.4 is 21.7 Å². The van der Waals surface area contributed by atoms with Gasteiger partial charge in [-0.2, -0.15) is 0 Å². The van der Waals surface area contributed by atoms with Crippen molar-refractivity contribution in [2.24, 2.45) is 0 Å². The van der Waals surface area contributed by atoms with Gasteiger partial charge in [-0.15, -0.1) is 0 Å². The van der Waals surface area contributed by atoms with E-state index in [4.69, 9.17) is 10.2 Å². The summed E-state index contributed by atoms with van der Waals surface area (Å²) in [7, 11) is 0. The fourth-order valence-corrected chi connectivity index (χ4v) is 0.636. The zero-order chi connectivity index (χ0) is 9.46. The molecule has 8 heteroatoms. The Morgan fingerprint density at radius 1 is 0.571 bits per heavy atom. The van der Waals surface area contributed by atoms with Crippen LogP contribution in [-0.4, -0.2) is 69.3 Å². The number of rotatable bonds is 0. The molecule has 0 aliphatic heterocycles. The van der Waals surface area contributed by atoms with Crippen molar-refractivity contribution in [2.45, 2.75) is 0 Å². The quantitative estimate of drug-likeness (QED) is 0.266. The fourth-order valence-electron chi connectivity index (χ4n) is 0.636. The van der Waals surface area contributed by atoms with Crippen LogP contribution in [0.4, 0.5) is 0 Å². The fraction of sp³-hybridized carbons (Fsp3) is 0. The molecule has 0 aliphatic carbocycles. The van der Waals surface area contributed by atoms with Gasteiger partial charge in [0.25, 0.3) is 21.7 Å². The molecule has 0 saturated heterocycles. The molecule has 64 valence electrons. The van der Waals surface area contributed by atoms with Gasteiger partial charge in [-0.1, -0.05) is 0 Å². The molecule has 1 aromatic carbocycles. The van der Waals surface area contributed by atoms with Crippen LogP contribution in [0.5, 0.6) is 11.5 Å². The third-order valence-corrected chi connectivity index (χ3v) is 1.27. The molecule has 0 spiro atoms. The molecule has 0 atom stereocenters. The first-order chi connectivity index (χ1) is 5.46. The minimum absolute atomic E-state index is 0. The Balaban J connectivity index is 0. The Labute approximate surface area is 120 Å². The predicted octanol–water partition coefficient (Wildman–Crippen LogP) is -3.35. The van der Waals surface area contributed by atoms with E-state index in [1.165, 1.54) is 0 Å². The van der Waals surface area contributed by atoms with E-state index >= 15 is 0 Å². The van der Waals surface area contributed by atoms with Crippen LogP contribution in [0.2, 0.25) is 0 Å². The van der Waals surface area contributed by atoms with E-state index in [0.29, 0.717) is 0 Å². The minimum Gasteiger partial charge on any atom is -0.501 e. The maximum atomic E-state index is 10.5. The third-order valence-electron chi connectivity index (χ3n) is 1.27. The molecule has 2 N–H and O–H groups in total. The van der Waals surface area contributed by atoms with E-state index in [0.717, 1.165) is 0 Å². The van der Waals surface area contributed by atoms with E-state index in [-0.39, 0.29) is 59.1 Å². The predicted molar refractivity (Wildman–Crippen MR) is 48.7 cm³/mol. The molecule has 0 amide bonds. The van der Waals surface area contributed by atoms with Crippen molar-refractivity contribution >= 4 is 59.1 Å². The Bertz CT molecular complexity index is 478. The van der Waals surface area contributed by atoms with Gasteiger partial charge < -0.3 is 10.2 Å². The van der Waals surface area contributed by atoms with Crippen LogP contribution in [0.3, 0.4) is 0 Å². The number of phenols is 2. The summed E-state index contributed by atoms with van der Waals surface area (Å²) in [6, 6.07) is 0. The number of hydrogen-bond acceptors (Lipinski definition) is 6. The van der Waals surface area contributed by atoms with E-state index < -0.39 is 33.2 Å². The van der Waals surface area contributed by atoms with Crippen molar-refractivity contribution in [3.63, 3.8) is 0 Å². The Kier molecular flexibility index (Phi) is 6.81. The van der Waals surface area contributed by atoms with Crippen molar-refractivity contribution in [1.29, 1.82) is 0 Å². The van der Waals surface area contributed by atoms with Crippen LogP contribution >= 0.6 is 0 Å². The van der Waals surface area contributed by atoms with Gasteiger partial charge in [-0.3, -0.25) is 19.2 Å². The maximum absolute atomic E-state index is 10.5. The van der Waals surface area contributed by atoms with E-state index in [9.17, 15) is 19.2 Å². The van der Waals surface area contributed by atoms with Gasteiger partial charge in [-0.05, 0) is 0 Å². The molecule has 0 heterocycles. The summed E-state index contributed by atoms with van der Waals surface area (Å²) in [4.78, 5) is 41.9. The molecule has 0 bridgehead atoms. The molecule has 0 fully saturated rings. The number of hydrogen-bond donors (Lipinski definition) is 2. The van der Waals surface area contributed by atoms with Crippen molar-refractivity contribution in [3.05, 3.63) is 40.9 Å². The molecule has 0 aromatic heterocycles. The summed E-state index contributed by atoms with van der Waals surface area (Å²) in [6.45, 7) is 0. The second-order valence-electron chi connectivity index (χ2n) is 2.01. The van der Waals surface area contributed by atoms with Crippen LogP contribution in [0.15, 0.2) is 19.2 Å². The number of phenolic OH excluding ortho intramolecular Hbond substituents is 2. The Hall–Kier alpha value is 0.0200. The molecule has 0 aliphatic rings. The summed E-state index contributed by atoms with van der Waals surface area (Å²) < 4.78 is 0. The van der Waals surface area contributed by atoms with Crippen LogP contribution in [0.1, 0.15) is 0 Å². The van der Waals surface area contributed by atoms with Gasteiger partial charge in [-0.25, -0.2) is 0 Å². The van der Waals surface area contributed by atoms with Crippen LogP contribution in [0, 0.1) is 0 Å². The van der Waals surface area contributed by atoms with Gasteiger partial charge in [0.2, 0.25) is 11.5 Å². The molecular weight excluding hydrogens is 214 g/mol. The first-order valence-corrected chi connectivity index (χ1v) is 2.76. The average Bonchev–Trinajstić information content (AvgIpc) is 2.08. The van der Waals surface area contributed by atoms with Crippen molar-refractivity contribution in [1.82, 2.24) is 0 Å². The second-order valence-corrected chi connectivity index (χ2v) is 2.01. The van der Waals surface area contributed by atoms with Gasteiger partial charge in [0.05, 0.1) is 0 Å².